The molecule has 0 radical (unpaired) electrons. The van der Waals surface area contributed by atoms with Crippen LogP contribution in [0.5, 0.6) is 0 Å². The molecule has 0 bridgehead atoms. The Hall–Kier alpha value is -1.07. The zero-order valence-corrected chi connectivity index (χ0v) is 11.0. The highest BCUT2D eigenvalue weighted by Gasteiger charge is 2.30. The summed E-state index contributed by atoms with van der Waals surface area (Å²) in [6, 6.07) is 0.957. The van der Waals surface area contributed by atoms with Gasteiger partial charge in [0.15, 0.2) is 17.9 Å². The van der Waals surface area contributed by atoms with E-state index in [1.807, 2.05) is 6.92 Å². The fourth-order valence-electron chi connectivity index (χ4n) is 2.23. The van der Waals surface area contributed by atoms with Gasteiger partial charge in [-0.3, -0.25) is 0 Å². The van der Waals surface area contributed by atoms with Crippen molar-refractivity contribution in [1.29, 1.82) is 0 Å². The molecule has 0 unspecified atom stereocenters. The van der Waals surface area contributed by atoms with Crippen molar-refractivity contribution in [1.82, 2.24) is 0 Å². The van der Waals surface area contributed by atoms with E-state index in [2.05, 4.69) is 0 Å². The predicted octanol–water partition coefficient (Wildman–Crippen LogP) is 3.87. The first-order valence-electron chi connectivity index (χ1n) is 6.41. The molecule has 0 aliphatic carbocycles. The minimum atomic E-state index is -1.23. The largest absolute Gasteiger partial charge is 0.348 e. The Bertz CT molecular complexity index is 454. The summed E-state index contributed by atoms with van der Waals surface area (Å²) in [7, 11) is 0. The maximum Gasteiger partial charge on any atom is 0.189 e. The van der Waals surface area contributed by atoms with E-state index < -0.39 is 29.3 Å². The minimum absolute atomic E-state index is 0.0709. The molecule has 1 aromatic carbocycles. The van der Waals surface area contributed by atoms with Gasteiger partial charge in [-0.25, -0.2) is 13.2 Å². The molecule has 1 fully saturated rings. The number of hydrogen-bond acceptors (Lipinski definition) is 2. The van der Waals surface area contributed by atoms with E-state index in [0.29, 0.717) is 13.2 Å². The van der Waals surface area contributed by atoms with Crippen molar-refractivity contribution in [2.45, 2.75) is 33.0 Å². The fraction of sp³-hybridized carbons (Fsp3) is 0.571. The van der Waals surface area contributed by atoms with Crippen molar-refractivity contribution in [3.63, 3.8) is 0 Å². The Morgan fingerprint density at radius 1 is 1.16 bits per heavy atom. The summed E-state index contributed by atoms with van der Waals surface area (Å²) in [5.41, 5.74) is -0.545. The van der Waals surface area contributed by atoms with Crippen LogP contribution in [0.3, 0.4) is 0 Å². The highest BCUT2D eigenvalue weighted by Crippen LogP contribution is 2.32. The van der Waals surface area contributed by atoms with Gasteiger partial charge in [-0.05, 0) is 25.0 Å². The smallest absolute Gasteiger partial charge is 0.189 e. The summed E-state index contributed by atoms with van der Waals surface area (Å²) in [5.74, 6) is -2.89. The highest BCUT2D eigenvalue weighted by atomic mass is 19.2. The topological polar surface area (TPSA) is 18.5 Å². The van der Waals surface area contributed by atoms with Gasteiger partial charge in [0, 0.05) is 5.92 Å². The lowest BCUT2D eigenvalue weighted by Crippen LogP contribution is -2.28. The van der Waals surface area contributed by atoms with Crippen LogP contribution in [-0.4, -0.2) is 13.2 Å². The van der Waals surface area contributed by atoms with Gasteiger partial charge in [-0.15, -0.1) is 0 Å². The van der Waals surface area contributed by atoms with Gasteiger partial charge in [0.1, 0.15) is 5.82 Å². The third-order valence-electron chi connectivity index (χ3n) is 3.28. The van der Waals surface area contributed by atoms with Crippen LogP contribution in [-0.2, 0) is 9.47 Å². The van der Waals surface area contributed by atoms with E-state index in [-0.39, 0.29) is 11.5 Å². The summed E-state index contributed by atoms with van der Waals surface area (Å²) in [4.78, 5) is 0. The molecule has 0 saturated carbocycles. The molecule has 1 aliphatic rings. The molecule has 1 aliphatic heterocycles. The monoisotopic (exact) mass is 274 g/mol. The van der Waals surface area contributed by atoms with Gasteiger partial charge in [-0.2, -0.15) is 0 Å². The Morgan fingerprint density at radius 3 is 2.37 bits per heavy atom. The Balaban J connectivity index is 2.18. The average Bonchev–Trinajstić information content (AvgIpc) is 2.38. The maximum absolute atomic E-state index is 13.8. The third-order valence-corrected chi connectivity index (χ3v) is 3.28. The summed E-state index contributed by atoms with van der Waals surface area (Å²) in [6.45, 7) is 4.09. The Morgan fingerprint density at radius 2 is 1.79 bits per heavy atom. The van der Waals surface area contributed by atoms with Crippen LogP contribution in [0.2, 0.25) is 0 Å². The van der Waals surface area contributed by atoms with Crippen molar-refractivity contribution >= 4 is 0 Å². The van der Waals surface area contributed by atoms with Crippen LogP contribution in [0.4, 0.5) is 13.2 Å². The summed E-state index contributed by atoms with van der Waals surface area (Å²) in [5, 5.41) is 0. The molecule has 0 amide bonds. The first kappa shape index (κ1) is 14.3. The molecule has 0 spiro atoms. The molecule has 5 heteroatoms. The fourth-order valence-corrected chi connectivity index (χ4v) is 2.23. The summed E-state index contributed by atoms with van der Waals surface area (Å²) in [6.07, 6.45) is 0.757. The molecular formula is C14H17F3O2. The second-order valence-electron chi connectivity index (χ2n) is 4.87. The van der Waals surface area contributed by atoms with Gasteiger partial charge in [0.05, 0.1) is 18.8 Å². The second kappa shape index (κ2) is 5.92. The lowest BCUT2D eigenvalue weighted by molar-refractivity contribution is -0.208. The number of benzene rings is 1. The molecule has 1 saturated heterocycles. The first-order valence-corrected chi connectivity index (χ1v) is 6.41. The molecular weight excluding hydrogens is 257 g/mol. The number of ether oxygens (including phenoxy) is 2. The average molecular weight is 274 g/mol. The number of rotatable bonds is 3. The van der Waals surface area contributed by atoms with Gasteiger partial charge >= 0.3 is 0 Å². The van der Waals surface area contributed by atoms with E-state index in [4.69, 9.17) is 9.47 Å². The molecule has 2 rings (SSSR count). The lowest BCUT2D eigenvalue weighted by atomic mass is 10.0. The van der Waals surface area contributed by atoms with E-state index in [1.54, 1.807) is 0 Å². The Labute approximate surface area is 110 Å². The van der Waals surface area contributed by atoms with Crippen molar-refractivity contribution in [3.8, 4) is 0 Å². The third kappa shape index (κ3) is 2.92. The van der Waals surface area contributed by atoms with Gasteiger partial charge in [0.25, 0.3) is 0 Å². The first-order chi connectivity index (χ1) is 9.04. The van der Waals surface area contributed by atoms with Crippen LogP contribution in [0.1, 0.15) is 37.2 Å². The quantitative estimate of drug-likeness (QED) is 0.779. The normalized spacial score (nSPS) is 23.6. The maximum atomic E-state index is 13.8. The molecule has 2 nitrogen and oxygen atoms in total. The molecule has 0 aromatic heterocycles. The van der Waals surface area contributed by atoms with Crippen LogP contribution >= 0.6 is 0 Å². The molecule has 106 valence electrons. The van der Waals surface area contributed by atoms with Gasteiger partial charge < -0.3 is 9.47 Å². The van der Waals surface area contributed by atoms with Gasteiger partial charge in [-0.1, -0.05) is 13.3 Å². The molecule has 1 heterocycles. The minimum Gasteiger partial charge on any atom is -0.348 e. The van der Waals surface area contributed by atoms with Crippen molar-refractivity contribution in [3.05, 3.63) is 34.6 Å². The molecule has 0 N–H and O–H groups in total. The number of halogens is 3. The SMILES string of the molecule is CCCC1COC(c2c(F)cc(C)c(F)c2F)OC1. The number of hydrogen-bond donors (Lipinski definition) is 0. The van der Waals surface area contributed by atoms with E-state index in [9.17, 15) is 13.2 Å². The lowest BCUT2D eigenvalue weighted by Gasteiger charge is -2.30. The van der Waals surface area contributed by atoms with Crippen LogP contribution in [0.25, 0.3) is 0 Å². The molecule has 0 atom stereocenters. The van der Waals surface area contributed by atoms with Crippen molar-refractivity contribution in [2.24, 2.45) is 5.92 Å². The van der Waals surface area contributed by atoms with E-state index in [0.717, 1.165) is 18.9 Å². The van der Waals surface area contributed by atoms with Crippen molar-refractivity contribution < 1.29 is 22.6 Å². The summed E-state index contributed by atoms with van der Waals surface area (Å²) >= 11 is 0. The standard InChI is InChI=1S/C14H17F3O2/c1-3-4-9-6-18-14(19-7-9)11-10(15)5-8(2)12(16)13(11)17/h5,9,14H,3-4,6-7H2,1-2H3. The highest BCUT2D eigenvalue weighted by molar-refractivity contribution is 5.28. The van der Waals surface area contributed by atoms with Crippen LogP contribution in [0.15, 0.2) is 6.07 Å². The predicted molar refractivity (Wildman–Crippen MR) is 64.1 cm³/mol. The zero-order chi connectivity index (χ0) is 14.0. The van der Waals surface area contributed by atoms with Gasteiger partial charge in [0.2, 0.25) is 0 Å². The number of aryl methyl sites for hydroxylation is 1. The molecule has 19 heavy (non-hydrogen) atoms. The van der Waals surface area contributed by atoms with E-state index >= 15 is 0 Å². The second-order valence-corrected chi connectivity index (χ2v) is 4.87. The molecule has 1 aromatic rings. The van der Waals surface area contributed by atoms with Crippen LogP contribution in [0, 0.1) is 30.3 Å². The van der Waals surface area contributed by atoms with E-state index in [1.165, 1.54) is 6.92 Å². The van der Waals surface area contributed by atoms with Crippen LogP contribution < -0.4 is 0 Å². The Kier molecular flexibility index (Phi) is 4.47. The van der Waals surface area contributed by atoms with Crippen molar-refractivity contribution in [2.75, 3.05) is 13.2 Å². The zero-order valence-electron chi connectivity index (χ0n) is 11.0. The summed E-state index contributed by atoms with van der Waals surface area (Å²) < 4.78 is 51.6.